The summed E-state index contributed by atoms with van der Waals surface area (Å²) in [5.41, 5.74) is 2.90. The number of thiazole rings is 1. The molecule has 0 bridgehead atoms. The molecule has 0 saturated heterocycles. The average Bonchev–Trinajstić information content (AvgIpc) is 3.13. The van der Waals surface area contributed by atoms with Gasteiger partial charge in [0.05, 0.1) is 22.8 Å². The molecule has 0 atom stereocenters. The number of hydrogen-bond donors (Lipinski definition) is 1. The summed E-state index contributed by atoms with van der Waals surface area (Å²) in [7, 11) is 1.47. The van der Waals surface area contributed by atoms with Crippen LogP contribution in [0.3, 0.4) is 0 Å². The Hall–Kier alpha value is -2.69. The van der Waals surface area contributed by atoms with E-state index in [0.29, 0.717) is 20.8 Å². The van der Waals surface area contributed by atoms with Crippen LogP contribution >= 0.6 is 27.3 Å². The molecule has 3 rings (SSSR count). The highest BCUT2D eigenvalue weighted by Crippen LogP contribution is 2.36. The highest BCUT2D eigenvalue weighted by Gasteiger charge is 2.11. The first-order chi connectivity index (χ1) is 12.1. The summed E-state index contributed by atoms with van der Waals surface area (Å²) in [6, 6.07) is 9.30. The van der Waals surface area contributed by atoms with Crippen LogP contribution in [0.1, 0.15) is 10.6 Å². The largest absolute Gasteiger partial charge is 0.503 e. The Kier molecular flexibility index (Phi) is 5.12. The molecule has 0 amide bonds. The van der Waals surface area contributed by atoms with Crippen molar-refractivity contribution in [3.05, 3.63) is 57.1 Å². The van der Waals surface area contributed by atoms with E-state index >= 15 is 0 Å². The molecule has 1 N–H and O–H groups in total. The van der Waals surface area contributed by atoms with Crippen molar-refractivity contribution >= 4 is 38.9 Å². The number of nitriles is 1. The molecule has 0 aliphatic carbocycles. The topological polar surface area (TPSA) is 79.0 Å². The van der Waals surface area contributed by atoms with Gasteiger partial charge >= 0.3 is 0 Å². The third-order valence-corrected chi connectivity index (χ3v) is 4.89. The second kappa shape index (κ2) is 7.47. The van der Waals surface area contributed by atoms with E-state index < -0.39 is 0 Å². The number of pyridine rings is 1. The molecule has 2 heterocycles. The molecule has 0 radical (unpaired) electrons. The number of allylic oxidation sites excluding steroid dienone is 1. The maximum atomic E-state index is 9.89. The fraction of sp³-hybridized carbons (Fsp3) is 0.0556. The monoisotopic (exact) mass is 413 g/mol. The van der Waals surface area contributed by atoms with Crippen molar-refractivity contribution in [1.82, 2.24) is 9.97 Å². The van der Waals surface area contributed by atoms with E-state index in [4.69, 9.17) is 4.74 Å². The Morgan fingerprint density at radius 1 is 1.36 bits per heavy atom. The number of methoxy groups -OCH3 is 1. The first kappa shape index (κ1) is 17.1. The van der Waals surface area contributed by atoms with Gasteiger partial charge in [0.2, 0.25) is 0 Å². The molecule has 124 valence electrons. The Morgan fingerprint density at radius 2 is 2.12 bits per heavy atom. The van der Waals surface area contributed by atoms with Crippen molar-refractivity contribution in [2.75, 3.05) is 7.11 Å². The van der Waals surface area contributed by atoms with Gasteiger partial charge in [-0.1, -0.05) is 0 Å². The van der Waals surface area contributed by atoms with E-state index in [2.05, 4.69) is 32.0 Å². The smallest absolute Gasteiger partial charge is 0.172 e. The summed E-state index contributed by atoms with van der Waals surface area (Å²) >= 11 is 4.68. The van der Waals surface area contributed by atoms with E-state index in [9.17, 15) is 10.4 Å². The van der Waals surface area contributed by atoms with Crippen LogP contribution in [-0.2, 0) is 0 Å². The van der Waals surface area contributed by atoms with Gasteiger partial charge in [0.15, 0.2) is 11.5 Å². The Balaban J connectivity index is 1.99. The molecule has 2 aromatic heterocycles. The first-order valence-corrected chi connectivity index (χ1v) is 8.84. The number of hydrogen-bond acceptors (Lipinski definition) is 6. The number of phenols is 1. The molecule has 1 aromatic carbocycles. The lowest BCUT2D eigenvalue weighted by Gasteiger charge is -2.06. The summed E-state index contributed by atoms with van der Waals surface area (Å²) in [6.07, 6.45) is 5.12. The van der Waals surface area contributed by atoms with Gasteiger partial charge in [-0.2, -0.15) is 5.26 Å². The van der Waals surface area contributed by atoms with Gasteiger partial charge in [0.25, 0.3) is 0 Å². The minimum atomic E-state index is 0.0207. The van der Waals surface area contributed by atoms with Crippen molar-refractivity contribution in [1.29, 1.82) is 5.26 Å². The van der Waals surface area contributed by atoms with Crippen LogP contribution in [0.2, 0.25) is 0 Å². The Labute approximate surface area is 157 Å². The minimum absolute atomic E-state index is 0.0207. The summed E-state index contributed by atoms with van der Waals surface area (Å²) in [4.78, 5) is 8.53. The third kappa shape index (κ3) is 3.71. The lowest BCUT2D eigenvalue weighted by molar-refractivity contribution is 0.372. The molecule has 0 fully saturated rings. The van der Waals surface area contributed by atoms with E-state index in [1.165, 1.54) is 18.4 Å². The standard InChI is InChI=1S/C18H12BrN3O2S/c1-24-16-8-11(7-14(19)17(16)23)6-13(9-20)18-22-15(10-25-18)12-2-4-21-5-3-12/h2-8,10,23H,1H3/b13-6-. The molecule has 0 saturated carbocycles. The lowest BCUT2D eigenvalue weighted by Crippen LogP contribution is -1.87. The second-order valence-corrected chi connectivity index (χ2v) is 6.71. The number of phenolic OH excluding ortho intramolecular Hbond substituents is 1. The molecule has 25 heavy (non-hydrogen) atoms. The van der Waals surface area contributed by atoms with Gasteiger partial charge < -0.3 is 9.84 Å². The molecule has 3 aromatic rings. The van der Waals surface area contributed by atoms with Gasteiger partial charge in [-0.15, -0.1) is 11.3 Å². The van der Waals surface area contributed by atoms with Gasteiger partial charge in [-0.05, 0) is 51.8 Å². The number of halogens is 1. The van der Waals surface area contributed by atoms with E-state index in [-0.39, 0.29) is 5.75 Å². The SMILES string of the molecule is COc1cc(/C=C(/C#N)c2nc(-c3ccncc3)cs2)cc(Br)c1O. The van der Waals surface area contributed by atoms with Crippen molar-refractivity contribution < 1.29 is 9.84 Å². The fourth-order valence-electron chi connectivity index (χ4n) is 2.19. The number of ether oxygens (including phenoxy) is 1. The van der Waals surface area contributed by atoms with Crippen LogP contribution in [-0.4, -0.2) is 22.2 Å². The minimum Gasteiger partial charge on any atom is -0.503 e. The normalized spacial score (nSPS) is 11.2. The predicted octanol–water partition coefficient (Wildman–Crippen LogP) is 4.75. The molecule has 0 unspecified atom stereocenters. The summed E-state index contributed by atoms with van der Waals surface area (Å²) < 4.78 is 5.63. The van der Waals surface area contributed by atoms with Crippen LogP contribution in [0, 0.1) is 11.3 Å². The summed E-state index contributed by atoms with van der Waals surface area (Å²) in [5, 5.41) is 21.9. The molecule has 0 aliphatic rings. The average molecular weight is 414 g/mol. The maximum absolute atomic E-state index is 9.89. The number of rotatable bonds is 4. The van der Waals surface area contributed by atoms with Gasteiger partial charge in [0, 0.05) is 23.3 Å². The van der Waals surface area contributed by atoms with Crippen molar-refractivity contribution in [3.63, 3.8) is 0 Å². The number of nitrogens with zero attached hydrogens (tertiary/aromatic N) is 3. The molecular weight excluding hydrogens is 402 g/mol. The second-order valence-electron chi connectivity index (χ2n) is 5.00. The number of aromatic nitrogens is 2. The first-order valence-electron chi connectivity index (χ1n) is 7.17. The number of benzene rings is 1. The summed E-state index contributed by atoms with van der Waals surface area (Å²) in [6.45, 7) is 0. The third-order valence-electron chi connectivity index (χ3n) is 3.41. The fourth-order valence-corrected chi connectivity index (χ4v) is 3.45. The molecule has 7 heteroatoms. The molecule has 0 aliphatic heterocycles. The number of aromatic hydroxyl groups is 1. The Bertz CT molecular complexity index is 978. The van der Waals surface area contributed by atoms with Crippen LogP contribution in [0.25, 0.3) is 22.9 Å². The lowest BCUT2D eigenvalue weighted by atomic mass is 10.1. The van der Waals surface area contributed by atoms with Crippen LogP contribution < -0.4 is 4.74 Å². The van der Waals surface area contributed by atoms with Crippen molar-refractivity contribution in [2.45, 2.75) is 0 Å². The van der Waals surface area contributed by atoms with Crippen LogP contribution in [0.4, 0.5) is 0 Å². The quantitative estimate of drug-likeness (QED) is 0.624. The highest BCUT2D eigenvalue weighted by atomic mass is 79.9. The van der Waals surface area contributed by atoms with Gasteiger partial charge in [-0.25, -0.2) is 4.98 Å². The van der Waals surface area contributed by atoms with E-state index in [1.807, 2.05) is 17.5 Å². The molecule has 5 nitrogen and oxygen atoms in total. The zero-order chi connectivity index (χ0) is 17.8. The van der Waals surface area contributed by atoms with Crippen molar-refractivity contribution in [2.24, 2.45) is 0 Å². The van der Waals surface area contributed by atoms with Crippen LogP contribution in [0.5, 0.6) is 11.5 Å². The Morgan fingerprint density at radius 3 is 2.80 bits per heavy atom. The van der Waals surface area contributed by atoms with Crippen molar-refractivity contribution in [3.8, 4) is 28.8 Å². The zero-order valence-corrected chi connectivity index (χ0v) is 15.5. The van der Waals surface area contributed by atoms with E-state index in [1.54, 1.807) is 30.6 Å². The van der Waals surface area contributed by atoms with Gasteiger partial charge in [0.1, 0.15) is 11.1 Å². The molecular formula is C18H12BrN3O2S. The highest BCUT2D eigenvalue weighted by molar-refractivity contribution is 9.10. The van der Waals surface area contributed by atoms with Gasteiger partial charge in [-0.3, -0.25) is 4.98 Å². The zero-order valence-electron chi connectivity index (χ0n) is 13.1. The maximum Gasteiger partial charge on any atom is 0.172 e. The molecule has 0 spiro atoms. The van der Waals surface area contributed by atoms with Crippen LogP contribution in [0.15, 0.2) is 46.5 Å². The van der Waals surface area contributed by atoms with E-state index in [0.717, 1.165) is 16.8 Å². The summed E-state index contributed by atoms with van der Waals surface area (Å²) in [5.74, 6) is 0.349. The predicted molar refractivity (Wildman–Crippen MR) is 101 cm³/mol.